The van der Waals surface area contributed by atoms with Gasteiger partial charge < -0.3 is 29.5 Å². The van der Waals surface area contributed by atoms with Crippen molar-refractivity contribution >= 4 is 11.8 Å². The molecule has 0 saturated carbocycles. The monoisotopic (exact) mass is 482 g/mol. The first-order valence-electron chi connectivity index (χ1n) is 12.3. The fourth-order valence-corrected chi connectivity index (χ4v) is 4.61. The number of carbonyl (C=O) groups excluding carboxylic acids is 2. The number of hydrogen-bond donors (Lipinski definition) is 2. The van der Waals surface area contributed by atoms with Gasteiger partial charge >= 0.3 is 0 Å². The maximum Gasteiger partial charge on any atom is 0.222 e. The number of ether oxygens (including phenoxy) is 3. The summed E-state index contributed by atoms with van der Waals surface area (Å²) >= 11 is 0. The Morgan fingerprint density at radius 1 is 1.06 bits per heavy atom. The van der Waals surface area contributed by atoms with Gasteiger partial charge in [0, 0.05) is 19.5 Å². The molecule has 2 aliphatic rings. The molecule has 8 nitrogen and oxygen atoms in total. The number of benzene rings is 2. The zero-order valence-electron chi connectivity index (χ0n) is 20.1. The summed E-state index contributed by atoms with van der Waals surface area (Å²) in [5, 5.41) is 13.1. The highest BCUT2D eigenvalue weighted by molar-refractivity contribution is 5.77. The van der Waals surface area contributed by atoms with Crippen LogP contribution in [0.2, 0.25) is 0 Å². The normalized spacial score (nSPS) is 24.6. The number of hydrogen-bond acceptors (Lipinski definition) is 6. The van der Waals surface area contributed by atoms with Crippen LogP contribution in [0.5, 0.6) is 11.5 Å². The number of nitrogens with one attached hydrogen (secondary N) is 1. The lowest BCUT2D eigenvalue weighted by Crippen LogP contribution is -2.57. The minimum absolute atomic E-state index is 0.000861. The molecule has 2 aliphatic heterocycles. The van der Waals surface area contributed by atoms with Crippen molar-refractivity contribution in [2.75, 3.05) is 19.8 Å². The Hall–Kier alpha value is -2.94. The van der Waals surface area contributed by atoms with Gasteiger partial charge in [0.05, 0.1) is 37.9 Å². The summed E-state index contributed by atoms with van der Waals surface area (Å²) < 4.78 is 17.6. The van der Waals surface area contributed by atoms with Crippen molar-refractivity contribution in [2.24, 2.45) is 0 Å². The van der Waals surface area contributed by atoms with Crippen molar-refractivity contribution in [3.8, 4) is 11.5 Å². The second kappa shape index (κ2) is 12.2. The van der Waals surface area contributed by atoms with Gasteiger partial charge in [-0.3, -0.25) is 9.59 Å². The first kappa shape index (κ1) is 25.2. The van der Waals surface area contributed by atoms with E-state index in [0.717, 1.165) is 17.1 Å². The summed E-state index contributed by atoms with van der Waals surface area (Å²) in [5.41, 5.74) is 0.976. The minimum Gasteiger partial charge on any atom is -0.457 e. The maximum absolute atomic E-state index is 12.6. The molecule has 188 valence electrons. The lowest BCUT2D eigenvalue weighted by molar-refractivity contribution is -0.169. The topological polar surface area (TPSA) is 97.3 Å². The van der Waals surface area contributed by atoms with Gasteiger partial charge in [-0.05, 0) is 42.7 Å². The third-order valence-electron chi connectivity index (χ3n) is 6.41. The molecule has 4 rings (SSSR count). The van der Waals surface area contributed by atoms with Gasteiger partial charge in [-0.15, -0.1) is 0 Å². The van der Waals surface area contributed by atoms with E-state index in [0.29, 0.717) is 32.4 Å². The van der Waals surface area contributed by atoms with Crippen molar-refractivity contribution in [3.63, 3.8) is 0 Å². The third kappa shape index (κ3) is 7.04. The van der Waals surface area contributed by atoms with Gasteiger partial charge in [0.25, 0.3) is 0 Å². The van der Waals surface area contributed by atoms with E-state index >= 15 is 0 Å². The van der Waals surface area contributed by atoms with Crippen molar-refractivity contribution in [1.29, 1.82) is 0 Å². The molecule has 2 aromatic rings. The molecule has 0 aliphatic carbocycles. The number of para-hydroxylation sites is 1. The maximum atomic E-state index is 12.6. The number of amides is 2. The molecular formula is C27H34N2O6. The van der Waals surface area contributed by atoms with Crippen molar-refractivity contribution in [1.82, 2.24) is 10.2 Å². The second-order valence-corrected chi connectivity index (χ2v) is 9.07. The van der Waals surface area contributed by atoms with Crippen LogP contribution in [0.1, 0.15) is 38.2 Å². The van der Waals surface area contributed by atoms with Crippen molar-refractivity contribution in [2.45, 2.75) is 63.5 Å². The number of carbonyl (C=O) groups is 2. The Morgan fingerprint density at radius 3 is 2.54 bits per heavy atom. The van der Waals surface area contributed by atoms with Gasteiger partial charge in [-0.25, -0.2) is 0 Å². The fourth-order valence-electron chi connectivity index (χ4n) is 4.61. The molecule has 2 saturated heterocycles. The van der Waals surface area contributed by atoms with E-state index in [-0.39, 0.29) is 49.6 Å². The van der Waals surface area contributed by atoms with Crippen molar-refractivity contribution < 1.29 is 28.9 Å². The zero-order chi connectivity index (χ0) is 24.6. The third-order valence-corrected chi connectivity index (χ3v) is 6.41. The molecule has 0 aromatic heterocycles. The number of rotatable bonds is 7. The molecule has 0 spiro atoms. The predicted octanol–water partition coefficient (Wildman–Crippen LogP) is 3.03. The molecule has 0 unspecified atom stereocenters. The fraction of sp³-hybridized carbons (Fsp3) is 0.481. The van der Waals surface area contributed by atoms with E-state index < -0.39 is 6.10 Å². The molecule has 0 radical (unpaired) electrons. The van der Waals surface area contributed by atoms with Crippen LogP contribution in [0.15, 0.2) is 54.6 Å². The molecule has 2 amide bonds. The SMILES string of the molecule is CCC(=O)N1C[C@@H](O)COC[C@H]2O[C@H](CC(=O)NCc3ccc(Oc4ccccc4)cc3)CC[C@@H]21. The lowest BCUT2D eigenvalue weighted by atomic mass is 9.94. The predicted molar refractivity (Wildman–Crippen MR) is 130 cm³/mol. The Morgan fingerprint density at radius 2 is 1.80 bits per heavy atom. The highest BCUT2D eigenvalue weighted by Crippen LogP contribution is 2.28. The van der Waals surface area contributed by atoms with E-state index in [1.807, 2.05) is 61.5 Å². The summed E-state index contributed by atoms with van der Waals surface area (Å²) in [7, 11) is 0. The minimum atomic E-state index is -0.700. The molecule has 2 fully saturated rings. The smallest absolute Gasteiger partial charge is 0.222 e. The molecule has 2 N–H and O–H groups in total. The van der Waals surface area contributed by atoms with Crippen LogP contribution in [0.4, 0.5) is 0 Å². The molecule has 0 bridgehead atoms. The number of aliphatic hydroxyl groups is 1. The number of fused-ring (bicyclic) bond motifs is 1. The molecule has 2 aromatic carbocycles. The Labute approximate surface area is 206 Å². The van der Waals surface area contributed by atoms with Gasteiger partial charge in [-0.1, -0.05) is 37.3 Å². The van der Waals surface area contributed by atoms with E-state index in [9.17, 15) is 14.7 Å². The first-order valence-corrected chi connectivity index (χ1v) is 12.3. The summed E-state index contributed by atoms with van der Waals surface area (Å²) in [6.45, 7) is 2.95. The summed E-state index contributed by atoms with van der Waals surface area (Å²) in [5.74, 6) is 1.43. The summed E-state index contributed by atoms with van der Waals surface area (Å²) in [6, 6.07) is 17.1. The van der Waals surface area contributed by atoms with E-state index in [4.69, 9.17) is 14.2 Å². The quantitative estimate of drug-likeness (QED) is 0.630. The number of nitrogens with zero attached hydrogens (tertiary/aromatic N) is 1. The Kier molecular flexibility index (Phi) is 8.74. The van der Waals surface area contributed by atoms with Crippen LogP contribution in [0, 0.1) is 0 Å². The van der Waals surface area contributed by atoms with Gasteiger partial charge in [0.2, 0.25) is 11.8 Å². The molecule has 8 heteroatoms. The van der Waals surface area contributed by atoms with E-state index in [1.54, 1.807) is 4.90 Å². The standard InChI is InChI=1S/C27H34N2O6/c1-2-27(32)29-16-20(30)17-33-18-25-24(29)13-12-23(35-25)14-26(31)28-15-19-8-10-22(11-9-19)34-21-6-4-3-5-7-21/h3-11,20,23-25,30H,2,12-18H2,1H3,(H,28,31)/t20-,23+,24+,25-/m1/s1. The highest BCUT2D eigenvalue weighted by atomic mass is 16.5. The number of β-amino-alcohol motifs (C(OH)–C–C–N with tert-alkyl or cyclic N) is 1. The van der Waals surface area contributed by atoms with Crippen LogP contribution in [0.3, 0.4) is 0 Å². The molecule has 4 atom stereocenters. The Bertz CT molecular complexity index is 967. The summed E-state index contributed by atoms with van der Waals surface area (Å²) in [6.07, 6.45) is 0.780. The van der Waals surface area contributed by atoms with Crippen LogP contribution >= 0.6 is 0 Å². The van der Waals surface area contributed by atoms with E-state index in [1.165, 1.54) is 0 Å². The average Bonchev–Trinajstić information content (AvgIpc) is 2.86. The van der Waals surface area contributed by atoms with E-state index in [2.05, 4.69) is 5.32 Å². The van der Waals surface area contributed by atoms with Crippen LogP contribution in [0.25, 0.3) is 0 Å². The largest absolute Gasteiger partial charge is 0.457 e. The molecule has 2 heterocycles. The Balaban J connectivity index is 1.25. The van der Waals surface area contributed by atoms with Gasteiger partial charge in [-0.2, -0.15) is 0 Å². The molecular weight excluding hydrogens is 448 g/mol. The lowest BCUT2D eigenvalue weighted by Gasteiger charge is -2.44. The first-order chi connectivity index (χ1) is 17.0. The highest BCUT2D eigenvalue weighted by Gasteiger charge is 2.39. The average molecular weight is 483 g/mol. The zero-order valence-corrected chi connectivity index (χ0v) is 20.1. The van der Waals surface area contributed by atoms with Gasteiger partial charge in [0.1, 0.15) is 17.6 Å². The van der Waals surface area contributed by atoms with Gasteiger partial charge in [0.15, 0.2) is 0 Å². The number of aliphatic hydroxyl groups excluding tert-OH is 1. The van der Waals surface area contributed by atoms with Crippen LogP contribution < -0.4 is 10.1 Å². The molecule has 35 heavy (non-hydrogen) atoms. The van der Waals surface area contributed by atoms with Crippen molar-refractivity contribution in [3.05, 3.63) is 60.2 Å². The summed E-state index contributed by atoms with van der Waals surface area (Å²) in [4.78, 5) is 26.8. The second-order valence-electron chi connectivity index (χ2n) is 9.07. The van der Waals surface area contributed by atoms with Crippen LogP contribution in [-0.2, 0) is 25.6 Å². The van der Waals surface area contributed by atoms with Crippen LogP contribution in [-0.4, -0.2) is 65.9 Å².